The Morgan fingerprint density at radius 2 is 1.74 bits per heavy atom. The Hall–Kier alpha value is -3.74. The van der Waals surface area contributed by atoms with Crippen molar-refractivity contribution in [2.45, 2.75) is 17.7 Å². The lowest BCUT2D eigenvalue weighted by atomic mass is 9.97. The van der Waals surface area contributed by atoms with Gasteiger partial charge in [-0.25, -0.2) is 17.4 Å². The monoisotopic (exact) mass is 564 g/mol. The Labute approximate surface area is 231 Å². The minimum absolute atomic E-state index is 0.149. The standard InChI is InChI=1S/C27H28N6O4S2/c1-31(2)39(36,37)22-10-8-18(9-11-22)24-20(17-33(30-24)21-6-4-3-5-7-21)16-23-26(35)29-27(38-23)32-14-12-19(13-15-32)25(28)34/h3-11,16-17,19H,12-15H2,1-2H3,(H2,28,34). The smallest absolute Gasteiger partial charge is 0.286 e. The number of thioether (sulfide) groups is 1. The van der Waals surface area contributed by atoms with Gasteiger partial charge in [-0.15, -0.1) is 0 Å². The molecule has 0 unspecified atom stereocenters. The molecule has 5 rings (SSSR count). The summed E-state index contributed by atoms with van der Waals surface area (Å²) < 4.78 is 28.0. The number of benzene rings is 2. The number of nitrogens with zero attached hydrogens (tertiary/aromatic N) is 5. The molecule has 2 amide bonds. The van der Waals surface area contributed by atoms with Gasteiger partial charge >= 0.3 is 0 Å². The van der Waals surface area contributed by atoms with Crippen molar-refractivity contribution in [1.82, 2.24) is 19.0 Å². The quantitative estimate of drug-likeness (QED) is 0.456. The molecule has 0 spiro atoms. The normalized spacial score (nSPS) is 17.7. The molecule has 0 atom stereocenters. The van der Waals surface area contributed by atoms with Gasteiger partial charge in [0.1, 0.15) is 0 Å². The first-order valence-electron chi connectivity index (χ1n) is 12.4. The highest BCUT2D eigenvalue weighted by atomic mass is 32.2. The molecule has 39 heavy (non-hydrogen) atoms. The Morgan fingerprint density at radius 3 is 2.36 bits per heavy atom. The predicted octanol–water partition coefficient (Wildman–Crippen LogP) is 2.96. The van der Waals surface area contributed by atoms with Gasteiger partial charge in [0, 0.05) is 50.4 Å². The Morgan fingerprint density at radius 1 is 1.08 bits per heavy atom. The van der Waals surface area contributed by atoms with E-state index in [0.29, 0.717) is 52.8 Å². The number of primary amides is 1. The van der Waals surface area contributed by atoms with E-state index in [1.807, 2.05) is 41.4 Å². The van der Waals surface area contributed by atoms with Crippen molar-refractivity contribution in [2.24, 2.45) is 16.6 Å². The van der Waals surface area contributed by atoms with Crippen LogP contribution < -0.4 is 5.73 Å². The Balaban J connectivity index is 1.46. The summed E-state index contributed by atoms with van der Waals surface area (Å²) in [7, 11) is -0.597. The van der Waals surface area contributed by atoms with E-state index in [9.17, 15) is 18.0 Å². The summed E-state index contributed by atoms with van der Waals surface area (Å²) in [4.78, 5) is 31.3. The van der Waals surface area contributed by atoms with Crippen molar-refractivity contribution < 1.29 is 18.0 Å². The second-order valence-electron chi connectivity index (χ2n) is 9.50. The first-order chi connectivity index (χ1) is 18.6. The molecule has 2 aliphatic heterocycles. The lowest BCUT2D eigenvalue weighted by Gasteiger charge is -2.31. The van der Waals surface area contributed by atoms with Crippen molar-refractivity contribution in [1.29, 1.82) is 0 Å². The van der Waals surface area contributed by atoms with Gasteiger partial charge in [0.25, 0.3) is 5.91 Å². The summed E-state index contributed by atoms with van der Waals surface area (Å²) >= 11 is 1.30. The molecule has 3 aromatic rings. The van der Waals surface area contributed by atoms with Gasteiger partial charge in [-0.3, -0.25) is 9.59 Å². The van der Waals surface area contributed by atoms with Crippen LogP contribution in [0.25, 0.3) is 23.0 Å². The number of hydrogen-bond acceptors (Lipinski definition) is 7. The number of nitrogens with two attached hydrogens (primary N) is 1. The third kappa shape index (κ3) is 5.54. The highest BCUT2D eigenvalue weighted by Gasteiger charge is 2.31. The van der Waals surface area contributed by atoms with E-state index in [0.717, 1.165) is 5.69 Å². The van der Waals surface area contributed by atoms with Crippen molar-refractivity contribution in [3.05, 3.63) is 71.3 Å². The molecular weight excluding hydrogens is 536 g/mol. The fourth-order valence-electron chi connectivity index (χ4n) is 4.46. The van der Waals surface area contributed by atoms with Gasteiger partial charge in [0.2, 0.25) is 15.9 Å². The van der Waals surface area contributed by atoms with Gasteiger partial charge in [0.15, 0.2) is 5.17 Å². The molecule has 1 aromatic heterocycles. The lowest BCUT2D eigenvalue weighted by molar-refractivity contribution is -0.123. The summed E-state index contributed by atoms with van der Waals surface area (Å²) in [5.74, 6) is -0.773. The number of amidine groups is 1. The second kappa shape index (κ2) is 10.8. The molecule has 2 aromatic carbocycles. The molecular formula is C27H28N6O4S2. The topological polar surface area (TPSA) is 131 Å². The molecule has 1 saturated heterocycles. The van der Waals surface area contributed by atoms with Crippen molar-refractivity contribution in [2.75, 3.05) is 27.2 Å². The van der Waals surface area contributed by atoms with E-state index < -0.39 is 10.0 Å². The van der Waals surface area contributed by atoms with E-state index in [4.69, 9.17) is 10.8 Å². The van der Waals surface area contributed by atoms with Gasteiger partial charge in [-0.1, -0.05) is 30.3 Å². The number of aromatic nitrogens is 2. The van der Waals surface area contributed by atoms with Crippen LogP contribution >= 0.6 is 11.8 Å². The number of carbonyl (C=O) groups is 2. The average Bonchev–Trinajstić information content (AvgIpc) is 3.53. The highest BCUT2D eigenvalue weighted by molar-refractivity contribution is 8.18. The molecule has 0 saturated carbocycles. The molecule has 202 valence electrons. The third-order valence-corrected chi connectivity index (χ3v) is 9.61. The largest absolute Gasteiger partial charge is 0.369 e. The number of likely N-dealkylation sites (tertiary alicyclic amines) is 1. The summed E-state index contributed by atoms with van der Waals surface area (Å²) in [6, 6.07) is 16.1. The van der Waals surface area contributed by atoms with Crippen molar-refractivity contribution >= 4 is 44.8 Å². The zero-order chi connectivity index (χ0) is 27.7. The number of para-hydroxylation sites is 1. The molecule has 12 heteroatoms. The Bertz CT molecular complexity index is 1570. The lowest BCUT2D eigenvalue weighted by Crippen LogP contribution is -2.40. The maximum atomic E-state index is 12.9. The number of aliphatic imine (C=N–C) groups is 1. The van der Waals surface area contributed by atoms with Gasteiger partial charge < -0.3 is 10.6 Å². The first-order valence-corrected chi connectivity index (χ1v) is 14.6. The van der Waals surface area contributed by atoms with Crippen LogP contribution in [0.1, 0.15) is 18.4 Å². The molecule has 2 aliphatic rings. The van der Waals surface area contributed by atoms with Crippen molar-refractivity contribution in [3.8, 4) is 16.9 Å². The minimum atomic E-state index is -3.57. The zero-order valence-corrected chi connectivity index (χ0v) is 23.2. The van der Waals surface area contributed by atoms with Crippen LogP contribution in [-0.4, -0.2) is 71.6 Å². The van der Waals surface area contributed by atoms with E-state index in [1.165, 1.54) is 30.2 Å². The zero-order valence-electron chi connectivity index (χ0n) is 21.5. The van der Waals surface area contributed by atoms with E-state index >= 15 is 0 Å². The number of sulfonamides is 1. The molecule has 10 nitrogen and oxygen atoms in total. The SMILES string of the molecule is CN(C)S(=O)(=O)c1ccc(-c2nn(-c3ccccc3)cc2C=C2SC(N3CCC(C(N)=O)CC3)=NC2=O)cc1. The summed E-state index contributed by atoms with van der Waals surface area (Å²) in [6.07, 6.45) is 4.88. The minimum Gasteiger partial charge on any atom is -0.369 e. The number of amides is 2. The van der Waals surface area contributed by atoms with Crippen LogP contribution in [0.2, 0.25) is 0 Å². The van der Waals surface area contributed by atoms with E-state index in [2.05, 4.69) is 4.99 Å². The first kappa shape index (κ1) is 26.9. The summed E-state index contributed by atoms with van der Waals surface area (Å²) in [5.41, 5.74) is 8.30. The summed E-state index contributed by atoms with van der Waals surface area (Å²) in [5, 5.41) is 5.39. The average molecular weight is 565 g/mol. The molecule has 0 bridgehead atoms. The van der Waals surface area contributed by atoms with Crippen LogP contribution in [0.4, 0.5) is 0 Å². The second-order valence-corrected chi connectivity index (χ2v) is 12.7. The molecule has 0 aliphatic carbocycles. The number of hydrogen-bond donors (Lipinski definition) is 1. The van der Waals surface area contributed by atoms with Crippen LogP contribution in [0.3, 0.4) is 0 Å². The Kier molecular flexibility index (Phi) is 7.43. The van der Waals surface area contributed by atoms with E-state index in [-0.39, 0.29) is 22.6 Å². The van der Waals surface area contributed by atoms with Crippen LogP contribution in [0, 0.1) is 5.92 Å². The van der Waals surface area contributed by atoms with Gasteiger partial charge in [-0.2, -0.15) is 10.1 Å². The fraction of sp³-hybridized carbons (Fsp3) is 0.259. The third-order valence-electron chi connectivity index (χ3n) is 6.73. The highest BCUT2D eigenvalue weighted by Crippen LogP contribution is 2.34. The van der Waals surface area contributed by atoms with E-state index in [1.54, 1.807) is 35.0 Å². The predicted molar refractivity (Wildman–Crippen MR) is 151 cm³/mol. The van der Waals surface area contributed by atoms with Crippen LogP contribution in [0.5, 0.6) is 0 Å². The number of carbonyl (C=O) groups excluding carboxylic acids is 2. The fourth-order valence-corrected chi connectivity index (χ4v) is 6.31. The molecule has 0 radical (unpaired) electrons. The molecule has 3 heterocycles. The number of piperidine rings is 1. The maximum Gasteiger partial charge on any atom is 0.286 e. The molecule has 1 fully saturated rings. The maximum absolute atomic E-state index is 12.9. The van der Waals surface area contributed by atoms with Gasteiger partial charge in [-0.05, 0) is 54.9 Å². The summed E-state index contributed by atoms with van der Waals surface area (Å²) in [6.45, 7) is 1.22. The van der Waals surface area contributed by atoms with Crippen molar-refractivity contribution in [3.63, 3.8) is 0 Å². The number of rotatable bonds is 6. The van der Waals surface area contributed by atoms with Gasteiger partial charge in [0.05, 0.1) is 21.2 Å². The van der Waals surface area contributed by atoms with Crippen LogP contribution in [0.15, 0.2) is 75.6 Å². The molecule has 2 N–H and O–H groups in total. The van der Waals surface area contributed by atoms with Crippen LogP contribution in [-0.2, 0) is 19.6 Å².